The standard InChI is InChI=1S/C27H22FOP/c1-3-18-29-30(2)26(22-10-6-4-7-11-22)19-24(21-14-16-25(28)17-15-21)20-27(30)23-12-8-5-9-13-23/h1,4-17,19-20H,18H2,2H3. The molecule has 3 heteroatoms. The molecule has 0 saturated heterocycles. The van der Waals surface area contributed by atoms with E-state index < -0.39 is 7.11 Å². The summed E-state index contributed by atoms with van der Waals surface area (Å²) < 4.78 is 19.9. The van der Waals surface area contributed by atoms with Gasteiger partial charge in [0.15, 0.2) is 0 Å². The quantitative estimate of drug-likeness (QED) is 0.335. The average molecular weight is 412 g/mol. The molecule has 148 valence electrons. The highest BCUT2D eigenvalue weighted by atomic mass is 31.2. The van der Waals surface area contributed by atoms with Gasteiger partial charge < -0.3 is 4.52 Å². The van der Waals surface area contributed by atoms with E-state index in [0.29, 0.717) is 0 Å². The molecule has 4 rings (SSSR count). The molecule has 0 spiro atoms. The highest BCUT2D eigenvalue weighted by Crippen LogP contribution is 2.62. The summed E-state index contributed by atoms with van der Waals surface area (Å²) >= 11 is 0. The molecule has 1 aliphatic heterocycles. The number of hydrogen-bond donors (Lipinski definition) is 0. The van der Waals surface area contributed by atoms with Crippen LogP contribution in [0.4, 0.5) is 4.39 Å². The zero-order chi connectivity index (χ0) is 21.0. The minimum Gasteiger partial charge on any atom is -0.344 e. The topological polar surface area (TPSA) is 9.23 Å². The van der Waals surface area contributed by atoms with Gasteiger partial charge in [-0.25, -0.2) is 4.39 Å². The molecule has 0 saturated carbocycles. The number of hydrogen-bond acceptors (Lipinski definition) is 1. The first-order chi connectivity index (χ1) is 14.6. The first-order valence-electron chi connectivity index (χ1n) is 9.74. The van der Waals surface area contributed by atoms with Gasteiger partial charge in [-0.15, -0.1) is 6.42 Å². The van der Waals surface area contributed by atoms with Crippen LogP contribution < -0.4 is 0 Å². The molecular weight excluding hydrogens is 390 g/mol. The van der Waals surface area contributed by atoms with Crippen molar-refractivity contribution in [2.24, 2.45) is 0 Å². The van der Waals surface area contributed by atoms with E-state index in [0.717, 1.165) is 32.9 Å². The van der Waals surface area contributed by atoms with Crippen molar-refractivity contribution in [1.29, 1.82) is 0 Å². The smallest absolute Gasteiger partial charge is 0.123 e. The molecule has 1 nitrogen and oxygen atoms in total. The molecule has 1 unspecified atom stereocenters. The van der Waals surface area contributed by atoms with Crippen LogP contribution in [0, 0.1) is 18.2 Å². The maximum absolute atomic E-state index is 13.5. The van der Waals surface area contributed by atoms with Gasteiger partial charge in [0.2, 0.25) is 0 Å². The Morgan fingerprint density at radius 1 is 0.800 bits per heavy atom. The van der Waals surface area contributed by atoms with Crippen LogP contribution in [-0.4, -0.2) is 18.6 Å². The lowest BCUT2D eigenvalue weighted by Gasteiger charge is -2.32. The first kappa shape index (κ1) is 20.2. The maximum atomic E-state index is 13.5. The number of allylic oxidation sites excluding steroid dienone is 3. The van der Waals surface area contributed by atoms with Gasteiger partial charge in [0.05, 0.1) is 0 Å². The minimum atomic E-state index is -2.23. The third kappa shape index (κ3) is 3.96. The van der Waals surface area contributed by atoms with Crippen LogP contribution >= 0.6 is 7.11 Å². The van der Waals surface area contributed by atoms with Crippen LogP contribution in [0.15, 0.2) is 97.1 Å². The zero-order valence-electron chi connectivity index (χ0n) is 16.8. The Morgan fingerprint density at radius 2 is 1.40 bits per heavy atom. The van der Waals surface area contributed by atoms with Crippen LogP contribution in [0.5, 0.6) is 0 Å². The van der Waals surface area contributed by atoms with E-state index in [1.165, 1.54) is 12.1 Å². The van der Waals surface area contributed by atoms with Crippen LogP contribution in [0.1, 0.15) is 16.7 Å². The summed E-state index contributed by atoms with van der Waals surface area (Å²) in [7, 11) is -2.23. The lowest BCUT2D eigenvalue weighted by Crippen LogP contribution is -2.10. The molecule has 0 bridgehead atoms. The van der Waals surface area contributed by atoms with Crippen molar-refractivity contribution < 1.29 is 8.91 Å². The van der Waals surface area contributed by atoms with Crippen molar-refractivity contribution >= 4 is 23.3 Å². The summed E-state index contributed by atoms with van der Waals surface area (Å²) in [5.74, 6) is 2.39. The van der Waals surface area contributed by atoms with E-state index in [1.807, 2.05) is 48.5 Å². The second-order valence-corrected chi connectivity index (χ2v) is 10.2. The molecule has 1 aliphatic rings. The third-order valence-corrected chi connectivity index (χ3v) is 8.49. The summed E-state index contributed by atoms with van der Waals surface area (Å²) in [6.45, 7) is 2.41. The van der Waals surface area contributed by atoms with Crippen LogP contribution in [0.3, 0.4) is 0 Å². The molecule has 0 aliphatic carbocycles. The van der Waals surface area contributed by atoms with Crippen LogP contribution in [0.2, 0.25) is 0 Å². The van der Waals surface area contributed by atoms with E-state index in [-0.39, 0.29) is 12.4 Å². The second kappa shape index (κ2) is 8.72. The van der Waals surface area contributed by atoms with Gasteiger partial charge >= 0.3 is 0 Å². The molecule has 0 aromatic heterocycles. The molecule has 0 radical (unpaired) electrons. The second-order valence-electron chi connectivity index (χ2n) is 7.16. The fourth-order valence-electron chi connectivity index (χ4n) is 3.70. The summed E-state index contributed by atoms with van der Waals surface area (Å²) in [5.41, 5.74) is 4.19. The fraction of sp³-hybridized carbons (Fsp3) is 0.0741. The molecule has 3 aromatic carbocycles. The zero-order valence-corrected chi connectivity index (χ0v) is 17.6. The molecule has 30 heavy (non-hydrogen) atoms. The lowest BCUT2D eigenvalue weighted by atomic mass is 10.0. The SMILES string of the molecule is C#CCOP1(C)=C(c2ccccc2)C=C(c2ccc(F)cc2)C=C1c1ccccc1. The average Bonchev–Trinajstić information content (AvgIpc) is 2.79. The van der Waals surface area contributed by atoms with Crippen molar-refractivity contribution in [3.8, 4) is 12.3 Å². The number of terminal acetylenes is 1. The van der Waals surface area contributed by atoms with E-state index in [9.17, 15) is 4.39 Å². The Labute approximate surface area is 177 Å². The van der Waals surface area contributed by atoms with Gasteiger partial charge in [0.1, 0.15) is 12.4 Å². The van der Waals surface area contributed by atoms with Gasteiger partial charge in [-0.1, -0.05) is 78.7 Å². The van der Waals surface area contributed by atoms with E-state index in [1.54, 1.807) is 0 Å². The Balaban J connectivity index is 2.02. The largest absolute Gasteiger partial charge is 0.344 e. The van der Waals surface area contributed by atoms with Crippen molar-refractivity contribution in [2.45, 2.75) is 0 Å². The minimum absolute atomic E-state index is 0.241. The van der Waals surface area contributed by atoms with Crippen molar-refractivity contribution in [2.75, 3.05) is 13.3 Å². The van der Waals surface area contributed by atoms with E-state index in [4.69, 9.17) is 10.9 Å². The molecule has 0 N–H and O–H groups in total. The maximum Gasteiger partial charge on any atom is 0.123 e. The fourth-order valence-corrected chi connectivity index (χ4v) is 6.63. The van der Waals surface area contributed by atoms with Crippen molar-refractivity contribution in [3.63, 3.8) is 0 Å². The van der Waals surface area contributed by atoms with E-state index in [2.05, 4.69) is 49.0 Å². The highest BCUT2D eigenvalue weighted by molar-refractivity contribution is 7.81. The summed E-state index contributed by atoms with van der Waals surface area (Å²) in [6.07, 6.45) is 9.90. The van der Waals surface area contributed by atoms with Gasteiger partial charge in [0.25, 0.3) is 0 Å². The monoisotopic (exact) mass is 412 g/mol. The molecular formula is C27H22FOP. The predicted octanol–water partition coefficient (Wildman–Crippen LogP) is 6.70. The highest BCUT2D eigenvalue weighted by Gasteiger charge is 2.28. The predicted molar refractivity (Wildman–Crippen MR) is 127 cm³/mol. The molecule has 1 atom stereocenters. The number of rotatable bonds is 5. The summed E-state index contributed by atoms with van der Waals surface area (Å²) in [6, 6.07) is 27.1. The summed E-state index contributed by atoms with van der Waals surface area (Å²) in [5, 5.41) is 2.25. The summed E-state index contributed by atoms with van der Waals surface area (Å²) in [4.78, 5) is 0. The number of halogens is 1. The van der Waals surface area contributed by atoms with Crippen LogP contribution in [-0.2, 0) is 4.52 Å². The normalized spacial score (nSPS) is 18.4. The van der Waals surface area contributed by atoms with Gasteiger partial charge in [-0.3, -0.25) is 0 Å². The third-order valence-electron chi connectivity index (χ3n) is 5.23. The van der Waals surface area contributed by atoms with Crippen molar-refractivity contribution in [1.82, 2.24) is 0 Å². The Morgan fingerprint density at radius 3 is 2.00 bits per heavy atom. The molecule has 1 heterocycles. The molecule has 3 aromatic rings. The Kier molecular flexibility index (Phi) is 5.86. The van der Waals surface area contributed by atoms with E-state index >= 15 is 0 Å². The number of benzene rings is 3. The van der Waals surface area contributed by atoms with Crippen molar-refractivity contribution in [3.05, 3.63) is 120 Å². The first-order valence-corrected chi connectivity index (χ1v) is 11.9. The van der Waals surface area contributed by atoms with Gasteiger partial charge in [-0.05, 0) is 53.2 Å². The molecule has 0 amide bonds. The molecule has 0 fully saturated rings. The van der Waals surface area contributed by atoms with Gasteiger partial charge in [0, 0.05) is 17.7 Å². The van der Waals surface area contributed by atoms with Gasteiger partial charge in [-0.2, -0.15) is 0 Å². The van der Waals surface area contributed by atoms with Crippen LogP contribution in [0.25, 0.3) is 10.9 Å². The lowest BCUT2D eigenvalue weighted by molar-refractivity contribution is 0.418. The Bertz CT molecular complexity index is 1200. The Hall–Kier alpha value is -3.11.